The first kappa shape index (κ1) is 14.6. The normalized spacial score (nSPS) is 12.5. The van der Waals surface area contributed by atoms with Gasteiger partial charge in [0.1, 0.15) is 5.75 Å². The number of methoxy groups -OCH3 is 1. The van der Waals surface area contributed by atoms with Gasteiger partial charge in [0.05, 0.1) is 24.5 Å². The first-order valence-corrected chi connectivity index (χ1v) is 6.81. The number of nitrogens with zero attached hydrogens (tertiary/aromatic N) is 2. The van der Waals surface area contributed by atoms with Crippen LogP contribution in [0.15, 0.2) is 18.2 Å². The average Bonchev–Trinajstić information content (AvgIpc) is 2.74. The van der Waals surface area contributed by atoms with Crippen LogP contribution in [0.3, 0.4) is 0 Å². The fourth-order valence-corrected chi connectivity index (χ4v) is 2.67. The molecule has 108 valence electrons. The maximum atomic E-state index is 5.64. The minimum absolute atomic E-state index is 0.0652. The first-order valence-electron chi connectivity index (χ1n) is 6.81. The Balaban J connectivity index is 2.58. The molecule has 0 radical (unpaired) electrons. The summed E-state index contributed by atoms with van der Waals surface area (Å²) < 4.78 is 7.56. The lowest BCUT2D eigenvalue weighted by molar-refractivity contribution is 0.400. The van der Waals surface area contributed by atoms with Crippen LogP contribution in [-0.2, 0) is 7.05 Å². The molecule has 4 heteroatoms. The van der Waals surface area contributed by atoms with E-state index in [1.807, 2.05) is 25.7 Å². The molecule has 0 amide bonds. The quantitative estimate of drug-likeness (QED) is 0.931. The van der Waals surface area contributed by atoms with Gasteiger partial charge in [-0.15, -0.1) is 0 Å². The zero-order valence-corrected chi connectivity index (χ0v) is 13.1. The third-order valence-corrected chi connectivity index (χ3v) is 3.84. The predicted molar refractivity (Wildman–Crippen MR) is 81.3 cm³/mol. The molecule has 0 aliphatic carbocycles. The summed E-state index contributed by atoms with van der Waals surface area (Å²) in [4.78, 5) is 0. The monoisotopic (exact) mass is 273 g/mol. The number of nitrogens with one attached hydrogen (secondary N) is 1. The molecule has 2 rings (SSSR count). The molecule has 20 heavy (non-hydrogen) atoms. The molecule has 1 N–H and O–H groups in total. The summed E-state index contributed by atoms with van der Waals surface area (Å²) in [6, 6.07) is 6.44. The van der Waals surface area contributed by atoms with E-state index < -0.39 is 0 Å². The Morgan fingerprint density at radius 3 is 2.45 bits per heavy atom. The van der Waals surface area contributed by atoms with Crippen molar-refractivity contribution in [2.45, 2.75) is 26.8 Å². The molecule has 4 nitrogen and oxygen atoms in total. The van der Waals surface area contributed by atoms with E-state index in [9.17, 15) is 0 Å². The molecule has 0 spiro atoms. The molecule has 0 fully saturated rings. The largest absolute Gasteiger partial charge is 0.496 e. The number of ether oxygens (including phenoxy) is 1. The highest BCUT2D eigenvalue weighted by Crippen LogP contribution is 2.34. The van der Waals surface area contributed by atoms with E-state index in [1.165, 1.54) is 11.1 Å². The standard InChI is InChI=1S/C16H23N3O/c1-10-7-8-13(16(20-6)12(10)3)15(17-4)14-9-11(2)18-19(14)5/h7-9,15,17H,1-6H3. The van der Waals surface area contributed by atoms with Crippen molar-refractivity contribution in [3.63, 3.8) is 0 Å². The number of aryl methyl sites for hydroxylation is 3. The van der Waals surface area contributed by atoms with Crippen LogP contribution < -0.4 is 10.1 Å². The van der Waals surface area contributed by atoms with Crippen molar-refractivity contribution < 1.29 is 4.74 Å². The van der Waals surface area contributed by atoms with Gasteiger partial charge in [-0.05, 0) is 45.0 Å². The Morgan fingerprint density at radius 1 is 1.25 bits per heavy atom. The Labute approximate surface area is 120 Å². The molecule has 1 unspecified atom stereocenters. The van der Waals surface area contributed by atoms with Crippen LogP contribution in [0.5, 0.6) is 5.75 Å². The summed E-state index contributed by atoms with van der Waals surface area (Å²) in [7, 11) is 5.66. The van der Waals surface area contributed by atoms with E-state index in [0.717, 1.165) is 22.7 Å². The smallest absolute Gasteiger partial charge is 0.127 e. The molecular formula is C16H23N3O. The van der Waals surface area contributed by atoms with Gasteiger partial charge in [-0.1, -0.05) is 12.1 Å². The first-order chi connectivity index (χ1) is 9.49. The van der Waals surface area contributed by atoms with Crippen molar-refractivity contribution in [1.29, 1.82) is 0 Å². The van der Waals surface area contributed by atoms with Gasteiger partial charge in [0.15, 0.2) is 0 Å². The van der Waals surface area contributed by atoms with E-state index in [2.05, 4.69) is 42.5 Å². The van der Waals surface area contributed by atoms with Gasteiger partial charge in [0.2, 0.25) is 0 Å². The number of rotatable bonds is 4. The van der Waals surface area contributed by atoms with Crippen molar-refractivity contribution in [1.82, 2.24) is 15.1 Å². The molecule has 2 aromatic rings. The topological polar surface area (TPSA) is 39.1 Å². The summed E-state index contributed by atoms with van der Waals surface area (Å²) in [5, 5.41) is 7.81. The molecule has 0 saturated carbocycles. The van der Waals surface area contributed by atoms with Gasteiger partial charge in [0, 0.05) is 12.6 Å². The summed E-state index contributed by atoms with van der Waals surface area (Å²) in [5.74, 6) is 0.947. The SMILES string of the molecule is CNC(c1ccc(C)c(C)c1OC)c1cc(C)nn1C. The summed E-state index contributed by atoms with van der Waals surface area (Å²) >= 11 is 0. The third kappa shape index (κ3) is 2.43. The summed E-state index contributed by atoms with van der Waals surface area (Å²) in [6.07, 6.45) is 0. The van der Waals surface area contributed by atoms with Crippen LogP contribution in [0.1, 0.15) is 34.1 Å². The molecule has 0 aliphatic heterocycles. The Hall–Kier alpha value is -1.81. The lowest BCUT2D eigenvalue weighted by Crippen LogP contribution is -2.21. The van der Waals surface area contributed by atoms with Gasteiger partial charge >= 0.3 is 0 Å². The van der Waals surface area contributed by atoms with E-state index in [0.29, 0.717) is 0 Å². The van der Waals surface area contributed by atoms with Crippen LogP contribution in [0.4, 0.5) is 0 Å². The molecular weight excluding hydrogens is 250 g/mol. The number of hydrogen-bond acceptors (Lipinski definition) is 3. The molecule has 1 aromatic carbocycles. The highest BCUT2D eigenvalue weighted by Gasteiger charge is 2.21. The number of aromatic nitrogens is 2. The van der Waals surface area contributed by atoms with E-state index in [-0.39, 0.29) is 6.04 Å². The van der Waals surface area contributed by atoms with Crippen molar-refractivity contribution in [2.24, 2.45) is 7.05 Å². The van der Waals surface area contributed by atoms with E-state index in [4.69, 9.17) is 4.74 Å². The number of hydrogen-bond donors (Lipinski definition) is 1. The molecule has 1 heterocycles. The van der Waals surface area contributed by atoms with Crippen LogP contribution in [0.2, 0.25) is 0 Å². The second kappa shape index (κ2) is 5.67. The average molecular weight is 273 g/mol. The second-order valence-electron chi connectivity index (χ2n) is 5.19. The summed E-state index contributed by atoms with van der Waals surface area (Å²) in [5.41, 5.74) is 5.71. The van der Waals surface area contributed by atoms with Gasteiger partial charge in [-0.3, -0.25) is 4.68 Å². The second-order valence-corrected chi connectivity index (χ2v) is 5.19. The fraction of sp³-hybridized carbons (Fsp3) is 0.438. The van der Waals surface area contributed by atoms with E-state index in [1.54, 1.807) is 7.11 Å². The van der Waals surface area contributed by atoms with Crippen molar-refractivity contribution in [2.75, 3.05) is 14.2 Å². The lowest BCUT2D eigenvalue weighted by atomic mass is 9.97. The van der Waals surface area contributed by atoms with Gasteiger partial charge in [-0.25, -0.2) is 0 Å². The Kier molecular flexibility index (Phi) is 4.14. The van der Waals surface area contributed by atoms with Gasteiger partial charge < -0.3 is 10.1 Å². The van der Waals surface area contributed by atoms with Crippen LogP contribution in [-0.4, -0.2) is 23.9 Å². The molecule has 0 bridgehead atoms. The Morgan fingerprint density at radius 2 is 1.95 bits per heavy atom. The zero-order chi connectivity index (χ0) is 14.9. The minimum Gasteiger partial charge on any atom is -0.496 e. The van der Waals surface area contributed by atoms with Gasteiger partial charge in [-0.2, -0.15) is 5.10 Å². The summed E-state index contributed by atoms with van der Waals surface area (Å²) in [6.45, 7) is 6.21. The van der Waals surface area contributed by atoms with Crippen molar-refractivity contribution in [3.8, 4) is 5.75 Å². The maximum Gasteiger partial charge on any atom is 0.127 e. The van der Waals surface area contributed by atoms with E-state index >= 15 is 0 Å². The predicted octanol–water partition coefficient (Wildman–Crippen LogP) is 2.66. The zero-order valence-electron chi connectivity index (χ0n) is 13.1. The molecule has 1 atom stereocenters. The maximum absolute atomic E-state index is 5.64. The highest BCUT2D eigenvalue weighted by atomic mass is 16.5. The lowest BCUT2D eigenvalue weighted by Gasteiger charge is -2.21. The fourth-order valence-electron chi connectivity index (χ4n) is 2.67. The minimum atomic E-state index is 0.0652. The number of benzene rings is 1. The van der Waals surface area contributed by atoms with Crippen LogP contribution >= 0.6 is 0 Å². The third-order valence-electron chi connectivity index (χ3n) is 3.84. The Bertz CT molecular complexity index is 616. The van der Waals surface area contributed by atoms with Crippen molar-refractivity contribution in [3.05, 3.63) is 46.3 Å². The highest BCUT2D eigenvalue weighted by molar-refractivity contribution is 5.49. The molecule has 1 aromatic heterocycles. The molecule has 0 saturated heterocycles. The van der Waals surface area contributed by atoms with Gasteiger partial charge in [0.25, 0.3) is 0 Å². The molecule has 0 aliphatic rings. The van der Waals surface area contributed by atoms with Crippen LogP contribution in [0, 0.1) is 20.8 Å². The van der Waals surface area contributed by atoms with Crippen LogP contribution in [0.25, 0.3) is 0 Å². The van der Waals surface area contributed by atoms with Crippen molar-refractivity contribution >= 4 is 0 Å².